The Hall–Kier alpha value is -1.47. The van der Waals surface area contributed by atoms with Gasteiger partial charge in [-0.1, -0.05) is 17.7 Å². The molecule has 1 heterocycles. The highest BCUT2D eigenvalue weighted by Crippen LogP contribution is 2.69. The van der Waals surface area contributed by atoms with Crippen molar-refractivity contribution in [1.29, 1.82) is 0 Å². The number of fused-ring (bicyclic) bond motifs is 1. The first-order valence-electron chi connectivity index (χ1n) is 7.49. The second kappa shape index (κ2) is 5.52. The van der Waals surface area contributed by atoms with Gasteiger partial charge in [0.15, 0.2) is 0 Å². The quantitative estimate of drug-likeness (QED) is 0.882. The van der Waals surface area contributed by atoms with E-state index in [2.05, 4.69) is 0 Å². The third-order valence-electron chi connectivity index (χ3n) is 5.35. The molecule has 0 bridgehead atoms. The summed E-state index contributed by atoms with van der Waals surface area (Å²) in [6.45, 7) is 1.02. The van der Waals surface area contributed by atoms with Crippen molar-refractivity contribution >= 4 is 17.7 Å². The maximum absolute atomic E-state index is 12.9. The number of hydrogen-bond acceptors (Lipinski definition) is 2. The minimum atomic E-state index is -4.49. The Balaban J connectivity index is 1.95. The molecule has 132 valence electrons. The molecule has 1 saturated heterocycles. The highest BCUT2D eigenvalue weighted by Gasteiger charge is 2.70. The van der Waals surface area contributed by atoms with Crippen LogP contribution in [0, 0.1) is 5.41 Å². The second-order valence-corrected chi connectivity index (χ2v) is 7.03. The predicted octanol–water partition coefficient (Wildman–Crippen LogP) is 4.02. The van der Waals surface area contributed by atoms with E-state index >= 15 is 0 Å². The zero-order chi connectivity index (χ0) is 17.8. The summed E-state index contributed by atoms with van der Waals surface area (Å²) < 4.78 is 43.9. The molecule has 0 unspecified atom stereocenters. The van der Waals surface area contributed by atoms with Gasteiger partial charge in [-0.05, 0) is 30.5 Å². The highest BCUT2D eigenvalue weighted by atomic mass is 35.5. The van der Waals surface area contributed by atoms with Gasteiger partial charge in [-0.25, -0.2) is 4.79 Å². The Morgan fingerprint density at radius 1 is 1.46 bits per heavy atom. The molecule has 1 amide bonds. The second-order valence-electron chi connectivity index (χ2n) is 6.62. The van der Waals surface area contributed by atoms with E-state index < -0.39 is 23.2 Å². The summed E-state index contributed by atoms with van der Waals surface area (Å²) in [5.74, 6) is 0. The lowest BCUT2D eigenvalue weighted by molar-refractivity contribution is -0.137. The van der Waals surface area contributed by atoms with Gasteiger partial charge in [0, 0.05) is 31.0 Å². The number of methoxy groups -OCH3 is 1. The lowest BCUT2D eigenvalue weighted by Crippen LogP contribution is -2.46. The number of hydrogen-bond donors (Lipinski definition) is 1. The van der Waals surface area contributed by atoms with Crippen LogP contribution in [0.1, 0.15) is 24.0 Å². The Morgan fingerprint density at radius 3 is 2.71 bits per heavy atom. The van der Waals surface area contributed by atoms with E-state index in [1.165, 1.54) is 24.1 Å². The topological polar surface area (TPSA) is 49.8 Å². The number of rotatable bonds is 3. The van der Waals surface area contributed by atoms with E-state index in [1.54, 1.807) is 0 Å². The molecule has 2 atom stereocenters. The first-order chi connectivity index (χ1) is 11.2. The molecular weight excluding hydrogens is 347 g/mol. The summed E-state index contributed by atoms with van der Waals surface area (Å²) in [5.41, 5.74) is -0.905. The van der Waals surface area contributed by atoms with Crippen LogP contribution in [0.4, 0.5) is 18.0 Å². The van der Waals surface area contributed by atoms with E-state index in [9.17, 15) is 23.1 Å². The number of carboxylic acid groups (broad SMARTS) is 1. The zero-order valence-electron chi connectivity index (χ0n) is 13.0. The number of nitrogens with zero attached hydrogens (tertiary/aromatic N) is 1. The zero-order valence-corrected chi connectivity index (χ0v) is 13.7. The maximum Gasteiger partial charge on any atom is 0.417 e. The van der Waals surface area contributed by atoms with Crippen molar-refractivity contribution in [2.24, 2.45) is 5.41 Å². The number of carbonyl (C=O) groups is 1. The fourth-order valence-corrected chi connectivity index (χ4v) is 4.42. The Bertz CT molecular complexity index is 681. The van der Waals surface area contributed by atoms with Crippen molar-refractivity contribution in [2.75, 3.05) is 26.8 Å². The summed E-state index contributed by atoms with van der Waals surface area (Å²) in [5, 5.41) is 8.90. The first kappa shape index (κ1) is 17.4. The lowest BCUT2D eigenvalue weighted by atomic mass is 9.80. The molecule has 0 aromatic heterocycles. The van der Waals surface area contributed by atoms with Gasteiger partial charge in [0.05, 0.1) is 17.2 Å². The monoisotopic (exact) mass is 363 g/mol. The number of alkyl halides is 3. The molecule has 1 aromatic rings. The number of piperidine rings is 1. The standard InChI is InChI=1S/C16H17ClF3NO3/c1-24-9-14-7-15(14,4-5-21(8-14)13(22)23)10-2-3-11(12(17)6-10)16(18,19)20/h2-3,6H,4-5,7-9H2,1H3,(H,22,23)/t14-,15-/m1/s1. The lowest BCUT2D eigenvalue weighted by Gasteiger charge is -2.36. The SMILES string of the molecule is COC[C@@]12CN(C(=O)O)CC[C@]1(c1ccc(C(F)(F)F)c(Cl)c1)C2. The van der Waals surface area contributed by atoms with Crippen LogP contribution in [0.25, 0.3) is 0 Å². The molecule has 24 heavy (non-hydrogen) atoms. The van der Waals surface area contributed by atoms with Crippen molar-refractivity contribution in [3.8, 4) is 0 Å². The molecule has 4 nitrogen and oxygen atoms in total. The van der Waals surface area contributed by atoms with Crippen molar-refractivity contribution in [3.05, 3.63) is 34.3 Å². The number of ether oxygens (including phenoxy) is 1. The summed E-state index contributed by atoms with van der Waals surface area (Å²) in [6, 6.07) is 3.84. The fourth-order valence-electron chi connectivity index (χ4n) is 4.13. The molecule has 2 fully saturated rings. The number of amides is 1. The number of benzene rings is 1. The summed E-state index contributed by atoms with van der Waals surface area (Å²) >= 11 is 5.86. The molecule has 8 heteroatoms. The largest absolute Gasteiger partial charge is 0.465 e. The molecular formula is C16H17ClF3NO3. The third-order valence-corrected chi connectivity index (χ3v) is 5.66. The van der Waals surface area contributed by atoms with Crippen LogP contribution in [-0.4, -0.2) is 42.9 Å². The minimum Gasteiger partial charge on any atom is -0.465 e. The number of halogens is 4. The summed E-state index contributed by atoms with van der Waals surface area (Å²) in [4.78, 5) is 12.6. The van der Waals surface area contributed by atoms with Crippen molar-refractivity contribution < 1.29 is 27.8 Å². The van der Waals surface area contributed by atoms with Gasteiger partial charge in [0.25, 0.3) is 0 Å². The molecule has 2 aliphatic rings. The Kier molecular flexibility index (Phi) is 3.99. The smallest absolute Gasteiger partial charge is 0.417 e. The fraction of sp³-hybridized carbons (Fsp3) is 0.562. The highest BCUT2D eigenvalue weighted by molar-refractivity contribution is 6.31. The molecule has 1 aromatic carbocycles. The van der Waals surface area contributed by atoms with Crippen LogP contribution in [0.2, 0.25) is 5.02 Å². The summed E-state index contributed by atoms with van der Waals surface area (Å²) in [7, 11) is 1.54. The Morgan fingerprint density at radius 2 is 2.17 bits per heavy atom. The normalized spacial score (nSPS) is 29.3. The van der Waals surface area contributed by atoms with Gasteiger partial charge in [-0.15, -0.1) is 0 Å². The first-order valence-corrected chi connectivity index (χ1v) is 7.87. The van der Waals surface area contributed by atoms with E-state index in [-0.39, 0.29) is 10.4 Å². The molecule has 1 N–H and O–H groups in total. The van der Waals surface area contributed by atoms with Crippen LogP contribution in [0.3, 0.4) is 0 Å². The minimum absolute atomic E-state index is 0.314. The van der Waals surface area contributed by atoms with E-state index in [1.807, 2.05) is 0 Å². The van der Waals surface area contributed by atoms with Crippen molar-refractivity contribution in [2.45, 2.75) is 24.4 Å². The third kappa shape index (κ3) is 2.54. The maximum atomic E-state index is 12.9. The number of likely N-dealkylation sites (tertiary alicyclic amines) is 1. The molecule has 0 radical (unpaired) electrons. The van der Waals surface area contributed by atoms with E-state index in [0.717, 1.165) is 11.6 Å². The average molecular weight is 364 g/mol. The van der Waals surface area contributed by atoms with E-state index in [4.69, 9.17) is 16.3 Å². The van der Waals surface area contributed by atoms with Gasteiger partial charge in [-0.2, -0.15) is 13.2 Å². The molecule has 1 aliphatic carbocycles. The van der Waals surface area contributed by atoms with Crippen LogP contribution in [0.5, 0.6) is 0 Å². The predicted molar refractivity (Wildman–Crippen MR) is 81.3 cm³/mol. The van der Waals surface area contributed by atoms with E-state index in [0.29, 0.717) is 32.5 Å². The van der Waals surface area contributed by atoms with Crippen molar-refractivity contribution in [3.63, 3.8) is 0 Å². The molecule has 3 rings (SSSR count). The van der Waals surface area contributed by atoms with Crippen LogP contribution >= 0.6 is 11.6 Å². The van der Waals surface area contributed by atoms with Crippen molar-refractivity contribution in [1.82, 2.24) is 4.90 Å². The Labute approximate surface area is 142 Å². The van der Waals surface area contributed by atoms with Gasteiger partial charge < -0.3 is 14.7 Å². The summed E-state index contributed by atoms with van der Waals surface area (Å²) in [6.07, 6.45) is -4.26. The molecule has 1 aliphatic heterocycles. The van der Waals surface area contributed by atoms with Crippen LogP contribution in [-0.2, 0) is 16.3 Å². The van der Waals surface area contributed by atoms with Gasteiger partial charge >= 0.3 is 12.3 Å². The van der Waals surface area contributed by atoms with Gasteiger partial charge in [0.1, 0.15) is 0 Å². The van der Waals surface area contributed by atoms with Crippen LogP contribution in [0.15, 0.2) is 18.2 Å². The van der Waals surface area contributed by atoms with Gasteiger partial charge in [-0.3, -0.25) is 0 Å². The average Bonchev–Trinajstić information content (AvgIpc) is 3.15. The van der Waals surface area contributed by atoms with Crippen LogP contribution < -0.4 is 0 Å². The molecule has 1 saturated carbocycles. The molecule has 0 spiro atoms. The van der Waals surface area contributed by atoms with Gasteiger partial charge in [0.2, 0.25) is 0 Å².